The van der Waals surface area contributed by atoms with Gasteiger partial charge in [0.25, 0.3) is 5.92 Å². The summed E-state index contributed by atoms with van der Waals surface area (Å²) < 4.78 is 36.8. The number of hydrogen-bond donors (Lipinski definition) is 1. The van der Waals surface area contributed by atoms with Crippen molar-refractivity contribution in [1.82, 2.24) is 0 Å². The molecule has 1 aromatic rings. The molecule has 0 amide bonds. The fourth-order valence-electron chi connectivity index (χ4n) is 1.75. The maximum Gasteiger partial charge on any atom is 0.310 e. The van der Waals surface area contributed by atoms with Crippen molar-refractivity contribution in [3.8, 4) is 11.5 Å². The minimum absolute atomic E-state index is 0.0899. The Hall–Kier alpha value is -1.85. The van der Waals surface area contributed by atoms with Crippen LogP contribution in [0.1, 0.15) is 30.9 Å². The van der Waals surface area contributed by atoms with Crippen LogP contribution in [0.25, 0.3) is 0 Å². The lowest BCUT2D eigenvalue weighted by atomic mass is 9.95. The SMILES string of the molecule is CC(C(=O)O)c1cc(C(C)(F)F)cc2c1OCO2. The number of fused-ring (bicyclic) bond motifs is 1. The second kappa shape index (κ2) is 4.12. The van der Waals surface area contributed by atoms with Gasteiger partial charge in [0.1, 0.15) is 0 Å². The number of aliphatic carboxylic acids is 1. The second-order valence-corrected chi connectivity index (χ2v) is 4.25. The number of alkyl halides is 2. The van der Waals surface area contributed by atoms with Crippen LogP contribution >= 0.6 is 0 Å². The Morgan fingerprint density at radius 2 is 2.11 bits per heavy atom. The third-order valence-corrected chi connectivity index (χ3v) is 2.85. The Labute approximate surface area is 102 Å². The van der Waals surface area contributed by atoms with Gasteiger partial charge < -0.3 is 14.6 Å². The second-order valence-electron chi connectivity index (χ2n) is 4.25. The molecular formula is C12H12F2O4. The average molecular weight is 258 g/mol. The minimum atomic E-state index is -3.06. The molecule has 18 heavy (non-hydrogen) atoms. The van der Waals surface area contributed by atoms with Gasteiger partial charge >= 0.3 is 5.97 Å². The number of carboxylic acids is 1. The van der Waals surface area contributed by atoms with Crippen LogP contribution in [0, 0.1) is 0 Å². The fraction of sp³-hybridized carbons (Fsp3) is 0.417. The minimum Gasteiger partial charge on any atom is -0.481 e. The summed E-state index contributed by atoms with van der Waals surface area (Å²) in [4.78, 5) is 11.0. The van der Waals surface area contributed by atoms with E-state index < -0.39 is 17.8 Å². The van der Waals surface area contributed by atoms with Crippen LogP contribution in [0.5, 0.6) is 11.5 Å². The van der Waals surface area contributed by atoms with Crippen molar-refractivity contribution in [2.24, 2.45) is 0 Å². The molecule has 0 saturated heterocycles. The molecule has 0 aromatic heterocycles. The summed E-state index contributed by atoms with van der Waals surface area (Å²) in [5.74, 6) is -4.71. The topological polar surface area (TPSA) is 55.8 Å². The number of rotatable bonds is 3. The van der Waals surface area contributed by atoms with E-state index in [0.29, 0.717) is 0 Å². The largest absolute Gasteiger partial charge is 0.481 e. The Balaban J connectivity index is 2.57. The first-order valence-corrected chi connectivity index (χ1v) is 5.35. The molecule has 0 aliphatic carbocycles. The summed E-state index contributed by atoms with van der Waals surface area (Å²) in [6.07, 6.45) is 0. The molecule has 2 rings (SSSR count). The zero-order valence-corrected chi connectivity index (χ0v) is 9.87. The first-order valence-electron chi connectivity index (χ1n) is 5.35. The van der Waals surface area contributed by atoms with Gasteiger partial charge in [-0.3, -0.25) is 4.79 Å². The monoisotopic (exact) mass is 258 g/mol. The number of ether oxygens (including phenoxy) is 2. The lowest BCUT2D eigenvalue weighted by molar-refractivity contribution is -0.138. The summed E-state index contributed by atoms with van der Waals surface area (Å²) in [6, 6.07) is 2.34. The Kier molecular flexibility index (Phi) is 2.88. The van der Waals surface area contributed by atoms with E-state index in [1.54, 1.807) is 0 Å². The maximum absolute atomic E-state index is 13.3. The summed E-state index contributed by atoms with van der Waals surface area (Å²) in [7, 11) is 0. The van der Waals surface area contributed by atoms with Gasteiger partial charge in [-0.15, -0.1) is 0 Å². The summed E-state index contributed by atoms with van der Waals surface area (Å²) in [6.45, 7) is 2.07. The molecule has 98 valence electrons. The van der Waals surface area contributed by atoms with Gasteiger partial charge in [-0.05, 0) is 19.1 Å². The number of carbonyl (C=O) groups is 1. The molecule has 0 fully saturated rings. The first-order chi connectivity index (χ1) is 8.30. The number of benzene rings is 1. The average Bonchev–Trinajstić information content (AvgIpc) is 2.73. The molecule has 6 heteroatoms. The zero-order chi connectivity index (χ0) is 13.5. The summed E-state index contributed by atoms with van der Waals surface area (Å²) in [5, 5.41) is 8.98. The summed E-state index contributed by atoms with van der Waals surface area (Å²) in [5.41, 5.74) is -0.0797. The zero-order valence-electron chi connectivity index (χ0n) is 9.87. The van der Waals surface area contributed by atoms with Crippen LogP contribution in [0.4, 0.5) is 8.78 Å². The first kappa shape index (κ1) is 12.6. The van der Waals surface area contributed by atoms with Crippen LogP contribution < -0.4 is 9.47 Å². The number of hydrogen-bond acceptors (Lipinski definition) is 3. The predicted octanol–water partition coefficient (Wildman–Crippen LogP) is 2.72. The van der Waals surface area contributed by atoms with Crippen LogP contribution in [-0.4, -0.2) is 17.9 Å². The van der Waals surface area contributed by atoms with E-state index in [1.807, 2.05) is 0 Å². The molecule has 1 N–H and O–H groups in total. The van der Waals surface area contributed by atoms with Crippen molar-refractivity contribution in [3.63, 3.8) is 0 Å². The molecule has 0 saturated carbocycles. The molecule has 1 unspecified atom stereocenters. The van der Waals surface area contributed by atoms with Gasteiger partial charge in [0.2, 0.25) is 6.79 Å². The highest BCUT2D eigenvalue weighted by molar-refractivity contribution is 5.77. The highest BCUT2D eigenvalue weighted by atomic mass is 19.3. The van der Waals surface area contributed by atoms with Crippen molar-refractivity contribution in [2.75, 3.05) is 6.79 Å². The fourth-order valence-corrected chi connectivity index (χ4v) is 1.75. The van der Waals surface area contributed by atoms with Crippen LogP contribution in [0.3, 0.4) is 0 Å². The molecule has 1 aliphatic rings. The van der Waals surface area contributed by atoms with E-state index in [-0.39, 0.29) is 29.4 Å². The van der Waals surface area contributed by atoms with Gasteiger partial charge in [0.05, 0.1) is 5.92 Å². The van der Waals surface area contributed by atoms with Crippen molar-refractivity contribution in [1.29, 1.82) is 0 Å². The van der Waals surface area contributed by atoms with E-state index in [4.69, 9.17) is 14.6 Å². The number of carboxylic acid groups (broad SMARTS) is 1. The van der Waals surface area contributed by atoms with Gasteiger partial charge in [-0.1, -0.05) is 0 Å². The smallest absolute Gasteiger partial charge is 0.310 e. The quantitative estimate of drug-likeness (QED) is 0.905. The van der Waals surface area contributed by atoms with Crippen molar-refractivity contribution in [2.45, 2.75) is 25.7 Å². The van der Waals surface area contributed by atoms with Gasteiger partial charge in [0, 0.05) is 18.1 Å². The lowest BCUT2D eigenvalue weighted by Crippen LogP contribution is -2.12. The van der Waals surface area contributed by atoms with E-state index >= 15 is 0 Å². The molecular weight excluding hydrogens is 246 g/mol. The number of halogens is 2. The van der Waals surface area contributed by atoms with Gasteiger partial charge in [-0.2, -0.15) is 0 Å². The molecule has 1 heterocycles. The van der Waals surface area contributed by atoms with Crippen molar-refractivity contribution >= 4 is 5.97 Å². The molecule has 0 radical (unpaired) electrons. The maximum atomic E-state index is 13.3. The van der Waals surface area contributed by atoms with E-state index in [2.05, 4.69) is 0 Å². The Bertz CT molecular complexity index is 494. The lowest BCUT2D eigenvalue weighted by Gasteiger charge is -2.16. The third kappa shape index (κ3) is 2.10. The van der Waals surface area contributed by atoms with Crippen molar-refractivity contribution < 1.29 is 28.2 Å². The molecule has 0 spiro atoms. The molecule has 1 aromatic carbocycles. The van der Waals surface area contributed by atoms with E-state index in [9.17, 15) is 13.6 Å². The highest BCUT2D eigenvalue weighted by Gasteiger charge is 2.32. The highest BCUT2D eigenvalue weighted by Crippen LogP contribution is 2.43. The van der Waals surface area contributed by atoms with Crippen LogP contribution in [0.2, 0.25) is 0 Å². The Morgan fingerprint density at radius 1 is 1.44 bits per heavy atom. The van der Waals surface area contributed by atoms with E-state index in [1.165, 1.54) is 13.0 Å². The molecule has 4 nitrogen and oxygen atoms in total. The van der Waals surface area contributed by atoms with Gasteiger partial charge in [0.15, 0.2) is 11.5 Å². The Morgan fingerprint density at radius 3 is 2.67 bits per heavy atom. The van der Waals surface area contributed by atoms with E-state index in [0.717, 1.165) is 13.0 Å². The molecule has 1 atom stereocenters. The molecule has 1 aliphatic heterocycles. The van der Waals surface area contributed by atoms with Gasteiger partial charge in [-0.25, -0.2) is 8.78 Å². The summed E-state index contributed by atoms with van der Waals surface area (Å²) >= 11 is 0. The van der Waals surface area contributed by atoms with Crippen LogP contribution in [0.15, 0.2) is 12.1 Å². The standard InChI is InChI=1S/C12H12F2O4/c1-6(11(15)16)8-3-7(12(2,13)14)4-9-10(8)18-5-17-9/h3-4,6H,5H2,1-2H3,(H,15,16). The van der Waals surface area contributed by atoms with Crippen LogP contribution in [-0.2, 0) is 10.7 Å². The van der Waals surface area contributed by atoms with Crippen molar-refractivity contribution in [3.05, 3.63) is 23.3 Å². The predicted molar refractivity (Wildman–Crippen MR) is 58.2 cm³/mol. The molecule has 0 bridgehead atoms. The normalized spacial score (nSPS) is 15.6. The third-order valence-electron chi connectivity index (χ3n) is 2.85.